The Morgan fingerprint density at radius 2 is 2.15 bits per heavy atom. The van der Waals surface area contributed by atoms with Crippen LogP contribution in [0.2, 0.25) is 0 Å². The molecule has 4 nitrogen and oxygen atoms in total. The molecule has 0 aromatic carbocycles. The average Bonchev–Trinajstić information content (AvgIpc) is 2.00. The van der Waals surface area contributed by atoms with E-state index in [2.05, 4.69) is 11.9 Å². The molecule has 0 aliphatic carbocycles. The lowest BCUT2D eigenvalue weighted by Gasteiger charge is -2.00. The van der Waals surface area contributed by atoms with E-state index in [9.17, 15) is 13.2 Å². The maximum atomic E-state index is 11.0. The second kappa shape index (κ2) is 5.88. The van der Waals surface area contributed by atoms with Gasteiger partial charge in [0.1, 0.15) is 15.6 Å². The molecule has 5 heteroatoms. The van der Waals surface area contributed by atoms with Crippen LogP contribution in [0.15, 0.2) is 12.7 Å². The van der Waals surface area contributed by atoms with Gasteiger partial charge in [0, 0.05) is 19.2 Å². The highest BCUT2D eigenvalue weighted by atomic mass is 32.2. The van der Waals surface area contributed by atoms with Gasteiger partial charge in [-0.15, -0.1) is 6.58 Å². The van der Waals surface area contributed by atoms with Crippen LogP contribution < -0.4 is 5.32 Å². The highest BCUT2D eigenvalue weighted by molar-refractivity contribution is 7.90. The van der Waals surface area contributed by atoms with Crippen molar-refractivity contribution >= 4 is 15.6 Å². The maximum absolute atomic E-state index is 11.0. The summed E-state index contributed by atoms with van der Waals surface area (Å²) in [6.07, 6.45) is 2.85. The van der Waals surface area contributed by atoms with Gasteiger partial charge in [0.25, 0.3) is 0 Å². The predicted molar refractivity (Wildman–Crippen MR) is 52.4 cm³/mol. The Balaban J connectivity index is 3.58. The van der Waals surface area contributed by atoms with Crippen LogP contribution in [0.4, 0.5) is 0 Å². The van der Waals surface area contributed by atoms with Crippen molar-refractivity contribution in [2.45, 2.75) is 6.42 Å². The van der Waals surface area contributed by atoms with E-state index < -0.39 is 9.84 Å². The fourth-order valence-corrected chi connectivity index (χ4v) is 1.30. The smallest absolute Gasteiger partial charge is 0.147 e. The summed E-state index contributed by atoms with van der Waals surface area (Å²) in [5.41, 5.74) is 0. The predicted octanol–water partition coefficient (Wildman–Crippen LogP) is -0.234. The van der Waals surface area contributed by atoms with Crippen molar-refractivity contribution in [1.29, 1.82) is 0 Å². The molecule has 0 unspecified atom stereocenters. The van der Waals surface area contributed by atoms with E-state index in [1.54, 1.807) is 6.08 Å². The molecular weight excluding hydrogens is 190 g/mol. The van der Waals surface area contributed by atoms with Gasteiger partial charge in [-0.2, -0.15) is 0 Å². The van der Waals surface area contributed by atoms with Crippen molar-refractivity contribution < 1.29 is 13.2 Å². The summed E-state index contributed by atoms with van der Waals surface area (Å²) in [5.74, 6) is -0.158. The third-order valence-corrected chi connectivity index (χ3v) is 2.31. The molecule has 0 fully saturated rings. The van der Waals surface area contributed by atoms with E-state index in [0.717, 1.165) is 6.26 Å². The summed E-state index contributed by atoms with van der Waals surface area (Å²) >= 11 is 0. The molecule has 76 valence electrons. The van der Waals surface area contributed by atoms with E-state index in [-0.39, 0.29) is 24.5 Å². The number of sulfone groups is 1. The highest BCUT2D eigenvalue weighted by Gasteiger charge is 2.06. The first-order valence-corrected chi connectivity index (χ1v) is 6.03. The minimum absolute atomic E-state index is 0.0679. The van der Waals surface area contributed by atoms with Crippen LogP contribution in [0.25, 0.3) is 0 Å². The zero-order valence-electron chi connectivity index (χ0n) is 7.75. The number of nitrogens with one attached hydrogen (secondary N) is 1. The molecule has 0 saturated heterocycles. The normalized spacial score (nSPS) is 11.2. The monoisotopic (exact) mass is 205 g/mol. The molecule has 0 amide bonds. The largest absolute Gasteiger partial charge is 0.307 e. The quantitative estimate of drug-likeness (QED) is 0.460. The van der Waals surface area contributed by atoms with Gasteiger partial charge in [0.05, 0.1) is 12.3 Å². The highest BCUT2D eigenvalue weighted by Crippen LogP contribution is 1.89. The number of Topliss-reactive ketones (excluding diaryl/α,β-unsaturated/α-hetero) is 1. The van der Waals surface area contributed by atoms with E-state index in [1.807, 2.05) is 0 Å². The summed E-state index contributed by atoms with van der Waals surface area (Å²) < 4.78 is 21.4. The van der Waals surface area contributed by atoms with Crippen molar-refractivity contribution in [3.05, 3.63) is 12.7 Å². The van der Waals surface area contributed by atoms with Gasteiger partial charge in [-0.25, -0.2) is 8.42 Å². The minimum Gasteiger partial charge on any atom is -0.307 e. The van der Waals surface area contributed by atoms with Crippen molar-refractivity contribution in [3.8, 4) is 0 Å². The van der Waals surface area contributed by atoms with E-state index in [4.69, 9.17) is 0 Å². The lowest BCUT2D eigenvalue weighted by atomic mass is 10.3. The van der Waals surface area contributed by atoms with Crippen LogP contribution in [0.5, 0.6) is 0 Å². The van der Waals surface area contributed by atoms with Gasteiger partial charge in [-0.3, -0.25) is 4.79 Å². The molecule has 1 N–H and O–H groups in total. The minimum atomic E-state index is -3.02. The first-order valence-electron chi connectivity index (χ1n) is 3.97. The molecule has 0 rings (SSSR count). The third kappa shape index (κ3) is 9.23. The van der Waals surface area contributed by atoms with Crippen molar-refractivity contribution in [2.24, 2.45) is 0 Å². The Bertz CT molecular complexity index is 269. The molecule has 0 heterocycles. The number of carbonyl (C=O) groups is 1. The van der Waals surface area contributed by atoms with Gasteiger partial charge in [-0.05, 0) is 0 Å². The number of rotatable bonds is 7. The Kier molecular flexibility index (Phi) is 5.57. The summed E-state index contributed by atoms with van der Waals surface area (Å²) in [6, 6.07) is 0. The molecule has 0 aliphatic heterocycles. The van der Waals surface area contributed by atoms with Crippen LogP contribution in [0.3, 0.4) is 0 Å². The third-order valence-electron chi connectivity index (χ3n) is 1.36. The van der Waals surface area contributed by atoms with Gasteiger partial charge >= 0.3 is 0 Å². The molecule has 0 radical (unpaired) electrons. The molecule has 0 aromatic heterocycles. The van der Waals surface area contributed by atoms with Crippen molar-refractivity contribution in [2.75, 3.05) is 25.1 Å². The van der Waals surface area contributed by atoms with E-state index in [1.165, 1.54) is 0 Å². The maximum Gasteiger partial charge on any atom is 0.147 e. The Morgan fingerprint density at radius 3 is 2.62 bits per heavy atom. The fourth-order valence-electron chi connectivity index (χ4n) is 0.701. The topological polar surface area (TPSA) is 63.2 Å². The van der Waals surface area contributed by atoms with Gasteiger partial charge in [0.2, 0.25) is 0 Å². The van der Waals surface area contributed by atoms with Crippen LogP contribution in [0, 0.1) is 0 Å². The second-order valence-electron chi connectivity index (χ2n) is 2.84. The molecule has 0 saturated carbocycles. The van der Waals surface area contributed by atoms with Crippen LogP contribution in [-0.4, -0.2) is 39.3 Å². The lowest BCUT2D eigenvalue weighted by molar-refractivity contribution is -0.117. The fraction of sp³-hybridized carbons (Fsp3) is 0.625. The Labute approximate surface area is 78.9 Å². The number of hydrogen-bond donors (Lipinski definition) is 1. The molecule has 0 bridgehead atoms. The summed E-state index contributed by atoms with van der Waals surface area (Å²) in [7, 11) is -3.02. The van der Waals surface area contributed by atoms with Gasteiger partial charge < -0.3 is 5.32 Å². The number of hydrogen-bond acceptors (Lipinski definition) is 4. The SMILES string of the molecule is C=CCNCC(=O)CCS(C)(=O)=O. The summed E-state index contributed by atoms with van der Waals surface area (Å²) in [5, 5.41) is 2.81. The van der Waals surface area contributed by atoms with Crippen molar-refractivity contribution in [3.63, 3.8) is 0 Å². The molecule has 0 atom stereocenters. The standard InChI is InChI=1S/C8H15NO3S/c1-3-5-9-7-8(10)4-6-13(2,11)12/h3,9H,1,4-7H2,2H3. The molecule has 0 aliphatic rings. The second-order valence-corrected chi connectivity index (χ2v) is 5.10. The van der Waals surface area contributed by atoms with E-state index in [0.29, 0.717) is 6.54 Å². The zero-order chi connectivity index (χ0) is 10.3. The lowest BCUT2D eigenvalue weighted by Crippen LogP contribution is -2.24. The van der Waals surface area contributed by atoms with E-state index >= 15 is 0 Å². The van der Waals surface area contributed by atoms with Gasteiger partial charge in [0.15, 0.2) is 0 Å². The first-order chi connectivity index (χ1) is 5.95. The summed E-state index contributed by atoms with van der Waals surface area (Å²) in [4.78, 5) is 11.0. The number of ketones is 1. The average molecular weight is 205 g/mol. The molecule has 13 heavy (non-hydrogen) atoms. The van der Waals surface area contributed by atoms with Crippen LogP contribution in [-0.2, 0) is 14.6 Å². The molecule has 0 aromatic rings. The van der Waals surface area contributed by atoms with Crippen LogP contribution in [0.1, 0.15) is 6.42 Å². The number of carbonyl (C=O) groups excluding carboxylic acids is 1. The van der Waals surface area contributed by atoms with Crippen molar-refractivity contribution in [1.82, 2.24) is 5.32 Å². The zero-order valence-corrected chi connectivity index (χ0v) is 8.56. The van der Waals surface area contributed by atoms with Gasteiger partial charge in [-0.1, -0.05) is 6.08 Å². The summed E-state index contributed by atoms with van der Waals surface area (Å²) in [6.45, 7) is 4.24. The molecule has 0 spiro atoms. The Hall–Kier alpha value is -0.680. The van der Waals surface area contributed by atoms with Crippen LogP contribution >= 0.6 is 0 Å². The Morgan fingerprint density at radius 1 is 1.54 bits per heavy atom. The molecular formula is C8H15NO3S. The first kappa shape index (κ1) is 12.3.